The molecule has 1 heterocycles. The first-order valence-electron chi connectivity index (χ1n) is 7.93. The first-order valence-corrected chi connectivity index (χ1v) is 9.59. The maximum Gasteiger partial charge on any atom is 0.211 e. The predicted octanol–water partition coefficient (Wildman–Crippen LogP) is 1.56. The average Bonchev–Trinajstić information content (AvgIpc) is 2.56. The topological polar surface area (TPSA) is 58.6 Å². The van der Waals surface area contributed by atoms with Gasteiger partial charge in [-0.3, -0.25) is 4.90 Å². The predicted molar refractivity (Wildman–Crippen MR) is 88.4 cm³/mol. The van der Waals surface area contributed by atoms with Crippen LogP contribution in [0, 0.1) is 0 Å². The van der Waals surface area contributed by atoms with Crippen molar-refractivity contribution in [2.75, 3.05) is 38.6 Å². The van der Waals surface area contributed by atoms with Crippen molar-refractivity contribution in [3.8, 4) is 0 Å². The third-order valence-electron chi connectivity index (χ3n) is 4.14. The molecular weight excluding hydrogens is 300 g/mol. The summed E-state index contributed by atoms with van der Waals surface area (Å²) in [6.45, 7) is 7.24. The van der Waals surface area contributed by atoms with E-state index in [0.717, 1.165) is 25.1 Å². The maximum absolute atomic E-state index is 11.8. The molecular formula is C16H26N2O3S. The first-order chi connectivity index (χ1) is 10.6. The average molecular weight is 326 g/mol. The number of sulfonamides is 1. The fourth-order valence-electron chi connectivity index (χ4n) is 2.63. The Balaban J connectivity index is 2.15. The maximum atomic E-state index is 11.8. The van der Waals surface area contributed by atoms with Gasteiger partial charge < -0.3 is 4.74 Å². The fourth-order valence-corrected chi connectivity index (χ4v) is 3.25. The third-order valence-corrected chi connectivity index (χ3v) is 5.50. The molecule has 1 fully saturated rings. The highest BCUT2D eigenvalue weighted by atomic mass is 32.2. The van der Waals surface area contributed by atoms with E-state index in [9.17, 15) is 8.42 Å². The van der Waals surface area contributed by atoms with Gasteiger partial charge in [0, 0.05) is 25.7 Å². The van der Waals surface area contributed by atoms with E-state index in [2.05, 4.69) is 40.8 Å². The summed E-state index contributed by atoms with van der Waals surface area (Å²) in [5.41, 5.74) is 2.44. The van der Waals surface area contributed by atoms with Gasteiger partial charge in [0.15, 0.2) is 0 Å². The van der Waals surface area contributed by atoms with E-state index >= 15 is 0 Å². The highest BCUT2D eigenvalue weighted by Crippen LogP contribution is 2.22. The van der Waals surface area contributed by atoms with Gasteiger partial charge in [0.05, 0.1) is 19.0 Å². The van der Waals surface area contributed by atoms with Gasteiger partial charge in [-0.1, -0.05) is 31.2 Å². The summed E-state index contributed by atoms with van der Waals surface area (Å²) in [7, 11) is -3.18. The van der Waals surface area contributed by atoms with Gasteiger partial charge in [-0.15, -0.1) is 0 Å². The zero-order valence-corrected chi connectivity index (χ0v) is 14.2. The number of ether oxygens (including phenoxy) is 1. The Kier molecular flexibility index (Phi) is 6.37. The van der Waals surface area contributed by atoms with Crippen molar-refractivity contribution < 1.29 is 13.2 Å². The van der Waals surface area contributed by atoms with Crippen LogP contribution in [0.25, 0.3) is 0 Å². The van der Waals surface area contributed by atoms with Crippen LogP contribution < -0.4 is 4.72 Å². The molecule has 0 spiro atoms. The van der Waals surface area contributed by atoms with Crippen molar-refractivity contribution in [2.45, 2.75) is 26.3 Å². The zero-order chi connectivity index (χ0) is 16.0. The normalized spacial score (nSPS) is 18.3. The second kappa shape index (κ2) is 8.06. The molecule has 0 radical (unpaired) electrons. The quantitative estimate of drug-likeness (QED) is 0.826. The third kappa shape index (κ3) is 4.78. The largest absolute Gasteiger partial charge is 0.379 e. The Labute approximate surface area is 133 Å². The molecule has 0 amide bonds. The lowest BCUT2D eigenvalue weighted by Crippen LogP contribution is -2.44. The number of benzene rings is 1. The molecule has 124 valence electrons. The molecule has 2 rings (SSSR count). The second-order valence-corrected chi connectivity index (χ2v) is 7.61. The van der Waals surface area contributed by atoms with E-state index in [1.165, 1.54) is 5.56 Å². The Morgan fingerprint density at radius 2 is 1.82 bits per heavy atom. The van der Waals surface area contributed by atoms with Crippen molar-refractivity contribution in [3.05, 3.63) is 35.4 Å². The van der Waals surface area contributed by atoms with E-state index in [-0.39, 0.29) is 11.8 Å². The van der Waals surface area contributed by atoms with Crippen LogP contribution in [0.5, 0.6) is 0 Å². The minimum absolute atomic E-state index is 0.0520. The summed E-state index contributed by atoms with van der Waals surface area (Å²) in [5, 5.41) is 0. The molecule has 0 bridgehead atoms. The highest BCUT2D eigenvalue weighted by molar-refractivity contribution is 7.89. The fraction of sp³-hybridized carbons (Fsp3) is 0.625. The summed E-state index contributed by atoms with van der Waals surface area (Å²) in [6, 6.07) is 8.52. The summed E-state index contributed by atoms with van der Waals surface area (Å²) in [5.74, 6) is 0.109. The van der Waals surface area contributed by atoms with Crippen LogP contribution >= 0.6 is 0 Å². The molecule has 0 aromatic heterocycles. The van der Waals surface area contributed by atoms with Gasteiger partial charge in [-0.25, -0.2) is 13.1 Å². The Morgan fingerprint density at radius 3 is 2.36 bits per heavy atom. The van der Waals surface area contributed by atoms with E-state index in [1.54, 1.807) is 6.92 Å². The number of nitrogens with one attached hydrogen (secondary N) is 1. The number of nitrogens with zero attached hydrogens (tertiary/aromatic N) is 1. The van der Waals surface area contributed by atoms with Crippen LogP contribution in [0.15, 0.2) is 24.3 Å². The standard InChI is InChI=1S/C16H26N2O3S/c1-3-14-5-7-15(8-6-14)16(13-17-22(19,20)4-2)18-9-11-21-12-10-18/h5-8,16-17H,3-4,9-13H2,1-2H3. The minimum atomic E-state index is -3.18. The summed E-state index contributed by atoms with van der Waals surface area (Å²) in [4.78, 5) is 2.29. The number of aryl methyl sites for hydroxylation is 1. The van der Waals surface area contributed by atoms with Crippen LogP contribution in [-0.2, 0) is 21.2 Å². The molecule has 1 saturated heterocycles. The summed E-state index contributed by atoms with van der Waals surface area (Å²) in [6.07, 6.45) is 1.00. The number of rotatable bonds is 7. The van der Waals surface area contributed by atoms with Crippen LogP contribution in [0.3, 0.4) is 0 Å². The lowest BCUT2D eigenvalue weighted by Gasteiger charge is -2.35. The smallest absolute Gasteiger partial charge is 0.211 e. The molecule has 1 aliphatic rings. The van der Waals surface area contributed by atoms with Gasteiger partial charge >= 0.3 is 0 Å². The Hall–Kier alpha value is -0.950. The molecule has 1 unspecified atom stereocenters. The molecule has 1 atom stereocenters. The summed E-state index contributed by atoms with van der Waals surface area (Å²) < 4.78 is 31.7. The number of hydrogen-bond acceptors (Lipinski definition) is 4. The van der Waals surface area contributed by atoms with Crippen molar-refractivity contribution >= 4 is 10.0 Å². The van der Waals surface area contributed by atoms with E-state index < -0.39 is 10.0 Å². The molecule has 22 heavy (non-hydrogen) atoms. The SMILES string of the molecule is CCc1ccc(C(CNS(=O)(=O)CC)N2CCOCC2)cc1. The first kappa shape index (κ1) is 17.4. The van der Waals surface area contributed by atoms with Crippen LogP contribution in [0.4, 0.5) is 0 Å². The van der Waals surface area contributed by atoms with Crippen molar-refractivity contribution in [2.24, 2.45) is 0 Å². The molecule has 0 aliphatic carbocycles. The number of hydrogen-bond donors (Lipinski definition) is 1. The van der Waals surface area contributed by atoms with Gasteiger partial charge in [0.25, 0.3) is 0 Å². The molecule has 1 N–H and O–H groups in total. The van der Waals surface area contributed by atoms with E-state index in [0.29, 0.717) is 19.8 Å². The van der Waals surface area contributed by atoms with Crippen LogP contribution in [-0.4, -0.2) is 51.9 Å². The molecule has 1 aromatic carbocycles. The van der Waals surface area contributed by atoms with E-state index in [4.69, 9.17) is 4.74 Å². The monoisotopic (exact) mass is 326 g/mol. The van der Waals surface area contributed by atoms with Crippen molar-refractivity contribution in [1.29, 1.82) is 0 Å². The molecule has 5 nitrogen and oxygen atoms in total. The van der Waals surface area contributed by atoms with Gasteiger partial charge in [-0.05, 0) is 24.5 Å². The minimum Gasteiger partial charge on any atom is -0.379 e. The van der Waals surface area contributed by atoms with Crippen molar-refractivity contribution in [1.82, 2.24) is 9.62 Å². The molecule has 1 aromatic rings. The van der Waals surface area contributed by atoms with Crippen LogP contribution in [0.2, 0.25) is 0 Å². The second-order valence-electron chi connectivity index (χ2n) is 5.51. The van der Waals surface area contributed by atoms with Gasteiger partial charge in [0.2, 0.25) is 10.0 Å². The van der Waals surface area contributed by atoms with Crippen LogP contribution in [0.1, 0.15) is 31.0 Å². The Morgan fingerprint density at radius 1 is 1.18 bits per heavy atom. The Bertz CT molecular complexity index is 551. The molecule has 6 heteroatoms. The zero-order valence-electron chi connectivity index (χ0n) is 13.4. The summed E-state index contributed by atoms with van der Waals surface area (Å²) >= 11 is 0. The molecule has 1 aliphatic heterocycles. The van der Waals surface area contributed by atoms with Crippen molar-refractivity contribution in [3.63, 3.8) is 0 Å². The lowest BCUT2D eigenvalue weighted by atomic mass is 10.0. The highest BCUT2D eigenvalue weighted by Gasteiger charge is 2.24. The van der Waals surface area contributed by atoms with E-state index in [1.807, 2.05) is 0 Å². The van der Waals surface area contributed by atoms with Gasteiger partial charge in [-0.2, -0.15) is 0 Å². The molecule has 0 saturated carbocycles. The van der Waals surface area contributed by atoms with Gasteiger partial charge in [0.1, 0.15) is 0 Å². The lowest BCUT2D eigenvalue weighted by molar-refractivity contribution is 0.0172. The number of morpholine rings is 1.